The predicted octanol–water partition coefficient (Wildman–Crippen LogP) is 1.08. The first-order chi connectivity index (χ1) is 5.75. The van der Waals surface area contributed by atoms with E-state index in [9.17, 15) is 22.8 Å². The summed E-state index contributed by atoms with van der Waals surface area (Å²) in [4.78, 5) is 20.0. The second kappa shape index (κ2) is 3.92. The number of carboxylic acid groups (broad SMARTS) is 1. The van der Waals surface area contributed by atoms with E-state index in [1.807, 2.05) is 0 Å². The van der Waals surface area contributed by atoms with Crippen LogP contribution in [0.3, 0.4) is 0 Å². The van der Waals surface area contributed by atoms with Gasteiger partial charge >= 0.3 is 18.1 Å². The summed E-state index contributed by atoms with van der Waals surface area (Å²) in [5.41, 5.74) is -0.502. The fourth-order valence-corrected chi connectivity index (χ4v) is 0.259. The van der Waals surface area contributed by atoms with E-state index in [4.69, 9.17) is 5.11 Å². The molecule has 0 heterocycles. The van der Waals surface area contributed by atoms with E-state index in [0.29, 0.717) is 0 Å². The maximum absolute atomic E-state index is 11.4. The molecule has 0 aliphatic heterocycles. The largest absolute Gasteiger partial charge is 0.491 e. The van der Waals surface area contributed by atoms with E-state index in [0.717, 1.165) is 6.92 Å². The Balaban J connectivity index is 4.26. The second-order valence-electron chi connectivity index (χ2n) is 2.01. The van der Waals surface area contributed by atoms with Crippen LogP contribution in [0.2, 0.25) is 0 Å². The van der Waals surface area contributed by atoms with Gasteiger partial charge in [-0.1, -0.05) is 0 Å². The van der Waals surface area contributed by atoms with Crippen LogP contribution in [-0.4, -0.2) is 23.2 Å². The van der Waals surface area contributed by atoms with Crippen molar-refractivity contribution < 1.29 is 32.6 Å². The molecule has 0 unspecified atom stereocenters. The molecule has 0 saturated heterocycles. The number of esters is 1. The first-order valence-electron chi connectivity index (χ1n) is 2.93. The number of carboxylic acids is 1. The highest BCUT2D eigenvalue weighted by Gasteiger charge is 2.40. The zero-order chi connectivity index (χ0) is 10.6. The summed E-state index contributed by atoms with van der Waals surface area (Å²) in [5, 5.41) is 8.16. The highest BCUT2D eigenvalue weighted by Crippen LogP contribution is 2.16. The molecule has 0 rings (SSSR count). The lowest BCUT2D eigenvalue weighted by atomic mass is 10.3. The van der Waals surface area contributed by atoms with Gasteiger partial charge < -0.3 is 9.84 Å². The maximum Gasteiger partial charge on any atom is 0.491 e. The SMILES string of the molecule is CC(=COC(=O)C(F)(F)F)C(=O)O. The Labute approximate surface area is 70.6 Å². The van der Waals surface area contributed by atoms with Gasteiger partial charge in [0.1, 0.15) is 6.26 Å². The lowest BCUT2D eigenvalue weighted by Gasteiger charge is -2.02. The Morgan fingerprint density at radius 1 is 1.38 bits per heavy atom. The van der Waals surface area contributed by atoms with Crippen molar-refractivity contribution in [3.05, 3.63) is 11.8 Å². The molecule has 0 saturated carbocycles. The molecule has 0 amide bonds. The summed E-state index contributed by atoms with van der Waals surface area (Å²) in [7, 11) is 0. The van der Waals surface area contributed by atoms with Crippen LogP contribution in [0.25, 0.3) is 0 Å². The van der Waals surface area contributed by atoms with E-state index in [2.05, 4.69) is 4.74 Å². The van der Waals surface area contributed by atoms with Crippen molar-refractivity contribution >= 4 is 11.9 Å². The van der Waals surface area contributed by atoms with Crippen molar-refractivity contribution in [3.8, 4) is 0 Å². The summed E-state index contributed by atoms with van der Waals surface area (Å²) in [5.74, 6) is -3.91. The summed E-state index contributed by atoms with van der Waals surface area (Å²) in [6.07, 6.45) is -4.88. The third-order valence-corrected chi connectivity index (χ3v) is 0.912. The van der Waals surface area contributed by atoms with E-state index < -0.39 is 23.7 Å². The lowest BCUT2D eigenvalue weighted by molar-refractivity contribution is -0.193. The first-order valence-corrected chi connectivity index (χ1v) is 2.93. The highest BCUT2D eigenvalue weighted by molar-refractivity contribution is 5.86. The summed E-state index contributed by atoms with van der Waals surface area (Å²) in [6, 6.07) is 0. The molecular formula is C6H5F3O4. The molecule has 0 aliphatic rings. The molecular weight excluding hydrogens is 193 g/mol. The fraction of sp³-hybridized carbons (Fsp3) is 0.333. The number of hydrogen-bond acceptors (Lipinski definition) is 3. The van der Waals surface area contributed by atoms with Crippen LogP contribution in [0.15, 0.2) is 11.8 Å². The molecule has 13 heavy (non-hydrogen) atoms. The Morgan fingerprint density at radius 3 is 2.15 bits per heavy atom. The van der Waals surface area contributed by atoms with Gasteiger partial charge in [-0.2, -0.15) is 13.2 Å². The zero-order valence-electron chi connectivity index (χ0n) is 6.38. The molecule has 0 spiro atoms. The number of carbonyl (C=O) groups excluding carboxylic acids is 1. The van der Waals surface area contributed by atoms with Crippen LogP contribution < -0.4 is 0 Å². The van der Waals surface area contributed by atoms with Gasteiger partial charge in [0.05, 0.1) is 5.57 Å². The molecule has 7 heteroatoms. The third kappa shape index (κ3) is 4.14. The van der Waals surface area contributed by atoms with E-state index in [-0.39, 0.29) is 6.26 Å². The highest BCUT2D eigenvalue weighted by atomic mass is 19.4. The lowest BCUT2D eigenvalue weighted by Crippen LogP contribution is -2.23. The Morgan fingerprint density at radius 2 is 1.85 bits per heavy atom. The van der Waals surface area contributed by atoms with Crippen molar-refractivity contribution in [2.75, 3.05) is 0 Å². The van der Waals surface area contributed by atoms with Crippen molar-refractivity contribution in [2.24, 2.45) is 0 Å². The van der Waals surface area contributed by atoms with Crippen LogP contribution in [0.4, 0.5) is 13.2 Å². The molecule has 1 N–H and O–H groups in total. The standard InChI is InChI=1S/C6H5F3O4/c1-3(4(10)11)2-13-5(12)6(7,8)9/h2H,1H3,(H,10,11). The predicted molar refractivity (Wildman–Crippen MR) is 33.5 cm³/mol. The summed E-state index contributed by atoms with van der Waals surface area (Å²) < 4.78 is 37.9. The van der Waals surface area contributed by atoms with Crippen LogP contribution in [0, 0.1) is 0 Å². The molecule has 0 aromatic heterocycles. The van der Waals surface area contributed by atoms with E-state index in [1.165, 1.54) is 0 Å². The molecule has 0 bridgehead atoms. The summed E-state index contributed by atoms with van der Waals surface area (Å²) >= 11 is 0. The number of rotatable bonds is 2. The van der Waals surface area contributed by atoms with Crippen molar-refractivity contribution in [3.63, 3.8) is 0 Å². The number of hydrogen-bond donors (Lipinski definition) is 1. The van der Waals surface area contributed by atoms with Gasteiger partial charge in [0.15, 0.2) is 0 Å². The fourth-order valence-electron chi connectivity index (χ4n) is 0.259. The van der Waals surface area contributed by atoms with Gasteiger partial charge in [-0.15, -0.1) is 0 Å². The van der Waals surface area contributed by atoms with Gasteiger partial charge in [0.2, 0.25) is 0 Å². The van der Waals surface area contributed by atoms with Gasteiger partial charge in [-0.25, -0.2) is 9.59 Å². The number of aliphatic carboxylic acids is 1. The molecule has 0 radical (unpaired) electrons. The minimum Gasteiger partial charge on any atom is -0.478 e. The van der Waals surface area contributed by atoms with Crippen LogP contribution >= 0.6 is 0 Å². The average Bonchev–Trinajstić information content (AvgIpc) is 1.97. The third-order valence-electron chi connectivity index (χ3n) is 0.912. The Hall–Kier alpha value is -1.53. The number of halogens is 3. The van der Waals surface area contributed by atoms with Crippen molar-refractivity contribution in [1.29, 1.82) is 0 Å². The van der Waals surface area contributed by atoms with Crippen molar-refractivity contribution in [1.82, 2.24) is 0 Å². The minimum absolute atomic E-state index is 0.234. The van der Waals surface area contributed by atoms with Gasteiger partial charge in [-0.05, 0) is 6.92 Å². The van der Waals surface area contributed by atoms with Gasteiger partial charge in [0.25, 0.3) is 0 Å². The number of alkyl halides is 3. The Bertz CT molecular complexity index is 253. The number of carbonyl (C=O) groups is 2. The average molecular weight is 198 g/mol. The van der Waals surface area contributed by atoms with Gasteiger partial charge in [-0.3, -0.25) is 0 Å². The normalized spacial score (nSPS) is 12.5. The molecule has 74 valence electrons. The monoisotopic (exact) mass is 198 g/mol. The quantitative estimate of drug-likeness (QED) is 0.409. The molecule has 0 aromatic rings. The molecule has 4 nitrogen and oxygen atoms in total. The van der Waals surface area contributed by atoms with E-state index in [1.54, 1.807) is 0 Å². The zero-order valence-corrected chi connectivity index (χ0v) is 6.38. The van der Waals surface area contributed by atoms with Crippen LogP contribution in [-0.2, 0) is 14.3 Å². The van der Waals surface area contributed by atoms with Crippen LogP contribution in [0.5, 0.6) is 0 Å². The summed E-state index contributed by atoms with van der Waals surface area (Å²) in [6.45, 7) is 0.992. The van der Waals surface area contributed by atoms with Crippen LogP contribution in [0.1, 0.15) is 6.92 Å². The maximum atomic E-state index is 11.4. The van der Waals surface area contributed by atoms with Crippen molar-refractivity contribution in [2.45, 2.75) is 13.1 Å². The first kappa shape index (κ1) is 11.5. The van der Waals surface area contributed by atoms with E-state index >= 15 is 0 Å². The molecule has 0 aromatic carbocycles. The van der Waals surface area contributed by atoms with Gasteiger partial charge in [0, 0.05) is 0 Å². The molecule has 0 atom stereocenters. The smallest absolute Gasteiger partial charge is 0.478 e. The number of ether oxygens (including phenoxy) is 1. The Kier molecular flexibility index (Phi) is 3.46. The molecule has 0 fully saturated rings. The molecule has 0 aliphatic carbocycles. The minimum atomic E-state index is -5.12. The second-order valence-corrected chi connectivity index (χ2v) is 2.01. The topological polar surface area (TPSA) is 63.6 Å².